The van der Waals surface area contributed by atoms with Crippen LogP contribution in [0.1, 0.15) is 11.4 Å². The molecule has 7 nitrogen and oxygen atoms in total. The zero-order chi connectivity index (χ0) is 19.8. The summed E-state index contributed by atoms with van der Waals surface area (Å²) in [4.78, 5) is 8.84. The van der Waals surface area contributed by atoms with Gasteiger partial charge in [0.05, 0.1) is 14.2 Å². The van der Waals surface area contributed by atoms with E-state index in [0.29, 0.717) is 30.4 Å². The summed E-state index contributed by atoms with van der Waals surface area (Å²) in [6.45, 7) is 1.33. The van der Waals surface area contributed by atoms with Crippen LogP contribution in [-0.2, 0) is 13.0 Å². The van der Waals surface area contributed by atoms with Crippen LogP contribution in [-0.4, -0.2) is 36.3 Å². The first-order valence-electron chi connectivity index (χ1n) is 9.02. The summed E-state index contributed by atoms with van der Waals surface area (Å²) in [5.41, 5.74) is 8.03. The minimum atomic E-state index is 0.341. The molecule has 3 N–H and O–H groups in total. The molecule has 0 fully saturated rings. The van der Waals surface area contributed by atoms with Crippen molar-refractivity contribution in [1.82, 2.24) is 9.55 Å². The molecule has 3 rings (SSSR count). The Kier molecular flexibility index (Phi) is 6.51. The van der Waals surface area contributed by atoms with Crippen LogP contribution < -0.4 is 20.5 Å². The largest absolute Gasteiger partial charge is 0.493 e. The number of nitrogens with two attached hydrogens (primary N) is 1. The molecule has 146 valence electrons. The zero-order valence-electron chi connectivity index (χ0n) is 16.1. The number of rotatable bonds is 8. The third-order valence-electron chi connectivity index (χ3n) is 4.27. The molecule has 0 saturated heterocycles. The van der Waals surface area contributed by atoms with E-state index >= 15 is 0 Å². The van der Waals surface area contributed by atoms with Gasteiger partial charge in [-0.25, -0.2) is 4.98 Å². The lowest BCUT2D eigenvalue weighted by Crippen LogP contribution is -2.23. The molecular formula is C21H25N5O2. The van der Waals surface area contributed by atoms with Crippen LogP contribution in [0.15, 0.2) is 65.9 Å². The smallest absolute Gasteiger partial charge is 0.193 e. The Morgan fingerprint density at radius 2 is 1.89 bits per heavy atom. The van der Waals surface area contributed by atoms with Crippen LogP contribution in [0.4, 0.5) is 5.69 Å². The first-order chi connectivity index (χ1) is 13.7. The van der Waals surface area contributed by atoms with Crippen molar-refractivity contribution in [1.29, 1.82) is 0 Å². The summed E-state index contributed by atoms with van der Waals surface area (Å²) in [6.07, 6.45) is 4.50. The summed E-state index contributed by atoms with van der Waals surface area (Å²) in [5.74, 6) is 2.61. The molecule has 3 aromatic rings. The van der Waals surface area contributed by atoms with Crippen molar-refractivity contribution in [2.24, 2.45) is 10.7 Å². The van der Waals surface area contributed by atoms with Crippen LogP contribution in [0.3, 0.4) is 0 Å². The molecule has 2 aromatic carbocycles. The van der Waals surface area contributed by atoms with Crippen molar-refractivity contribution in [3.05, 3.63) is 72.3 Å². The Morgan fingerprint density at radius 3 is 2.64 bits per heavy atom. The molecule has 0 aliphatic heterocycles. The standard InChI is InChI=1S/C21H25N5O2/c1-27-18-9-8-17(14-19(18)28-2)25-21(22)24-11-10-20-23-12-13-26(20)15-16-6-4-3-5-7-16/h3-9,12-14H,10-11,15H2,1-2H3,(H3,22,24,25). The van der Waals surface area contributed by atoms with Crippen molar-refractivity contribution in [3.63, 3.8) is 0 Å². The molecule has 28 heavy (non-hydrogen) atoms. The highest BCUT2D eigenvalue weighted by atomic mass is 16.5. The molecule has 1 heterocycles. The summed E-state index contributed by atoms with van der Waals surface area (Å²) in [7, 11) is 3.19. The first kappa shape index (κ1) is 19.3. The topological polar surface area (TPSA) is 86.7 Å². The lowest BCUT2D eigenvalue weighted by Gasteiger charge is -2.11. The number of aromatic nitrogens is 2. The van der Waals surface area contributed by atoms with E-state index in [4.69, 9.17) is 15.2 Å². The van der Waals surface area contributed by atoms with Crippen LogP contribution in [0, 0.1) is 0 Å². The number of ether oxygens (including phenoxy) is 2. The average molecular weight is 379 g/mol. The van der Waals surface area contributed by atoms with Gasteiger partial charge < -0.3 is 25.1 Å². The Labute approximate surface area is 164 Å². The Morgan fingerprint density at radius 1 is 1.11 bits per heavy atom. The number of guanidine groups is 1. The summed E-state index contributed by atoms with van der Waals surface area (Å²) in [5, 5.41) is 3.07. The van der Waals surface area contributed by atoms with Gasteiger partial charge in [0.25, 0.3) is 0 Å². The number of hydrogen-bond donors (Lipinski definition) is 2. The highest BCUT2D eigenvalue weighted by Crippen LogP contribution is 2.29. The Hall–Kier alpha value is -3.48. The number of hydrogen-bond acceptors (Lipinski definition) is 4. The second-order valence-electron chi connectivity index (χ2n) is 6.17. The van der Waals surface area contributed by atoms with Crippen molar-refractivity contribution in [2.75, 3.05) is 26.1 Å². The monoisotopic (exact) mass is 379 g/mol. The summed E-state index contributed by atoms with van der Waals surface area (Å²) < 4.78 is 12.7. The van der Waals surface area contributed by atoms with Gasteiger partial charge in [0.2, 0.25) is 0 Å². The molecule has 0 aliphatic carbocycles. The summed E-state index contributed by atoms with van der Waals surface area (Å²) >= 11 is 0. The molecule has 1 aromatic heterocycles. The van der Waals surface area contributed by atoms with Gasteiger partial charge in [-0.05, 0) is 17.7 Å². The number of nitrogens with one attached hydrogen (secondary N) is 1. The van der Waals surface area contributed by atoms with Gasteiger partial charge in [-0.1, -0.05) is 30.3 Å². The van der Waals surface area contributed by atoms with Crippen LogP contribution in [0.5, 0.6) is 11.5 Å². The van der Waals surface area contributed by atoms with E-state index < -0.39 is 0 Å². The van der Waals surface area contributed by atoms with Gasteiger partial charge in [0.15, 0.2) is 17.5 Å². The van der Waals surface area contributed by atoms with Gasteiger partial charge in [-0.2, -0.15) is 0 Å². The van der Waals surface area contributed by atoms with Gasteiger partial charge >= 0.3 is 0 Å². The average Bonchev–Trinajstić information content (AvgIpc) is 3.15. The molecule has 0 unspecified atom stereocenters. The fourth-order valence-corrected chi connectivity index (χ4v) is 2.87. The minimum absolute atomic E-state index is 0.341. The van der Waals surface area contributed by atoms with E-state index in [1.54, 1.807) is 14.2 Å². The predicted octanol–water partition coefficient (Wildman–Crippen LogP) is 2.92. The highest BCUT2D eigenvalue weighted by Gasteiger charge is 2.06. The second kappa shape index (κ2) is 9.45. The molecule has 0 saturated carbocycles. The molecule has 0 spiro atoms. The maximum absolute atomic E-state index is 6.01. The van der Waals surface area contributed by atoms with Crippen molar-refractivity contribution in [2.45, 2.75) is 13.0 Å². The molecule has 0 radical (unpaired) electrons. The molecule has 0 bridgehead atoms. The SMILES string of the molecule is COc1ccc(NC(N)=NCCc2nccn2Cc2ccccc2)cc1OC. The second-order valence-corrected chi connectivity index (χ2v) is 6.17. The molecule has 0 atom stereocenters. The van der Waals surface area contributed by atoms with E-state index in [9.17, 15) is 0 Å². The number of aliphatic imine (C=N–C) groups is 1. The zero-order valence-corrected chi connectivity index (χ0v) is 16.1. The fourth-order valence-electron chi connectivity index (χ4n) is 2.87. The predicted molar refractivity (Wildman–Crippen MR) is 111 cm³/mol. The maximum Gasteiger partial charge on any atom is 0.193 e. The van der Waals surface area contributed by atoms with E-state index in [2.05, 4.69) is 32.0 Å². The lowest BCUT2D eigenvalue weighted by molar-refractivity contribution is 0.355. The fraction of sp³-hybridized carbons (Fsp3) is 0.238. The van der Waals surface area contributed by atoms with Crippen LogP contribution >= 0.6 is 0 Å². The molecule has 7 heteroatoms. The van der Waals surface area contributed by atoms with Crippen molar-refractivity contribution < 1.29 is 9.47 Å². The quantitative estimate of drug-likeness (QED) is 0.464. The molecule has 0 amide bonds. The van der Waals surface area contributed by atoms with Crippen LogP contribution in [0.2, 0.25) is 0 Å². The minimum Gasteiger partial charge on any atom is -0.493 e. The Balaban J connectivity index is 1.57. The van der Waals surface area contributed by atoms with Gasteiger partial charge in [-0.3, -0.25) is 4.99 Å². The normalized spacial score (nSPS) is 11.3. The number of anilines is 1. The maximum atomic E-state index is 6.01. The van der Waals surface area contributed by atoms with Gasteiger partial charge in [-0.15, -0.1) is 0 Å². The van der Waals surface area contributed by atoms with E-state index in [0.717, 1.165) is 18.1 Å². The van der Waals surface area contributed by atoms with Gasteiger partial charge in [0, 0.05) is 43.7 Å². The third kappa shape index (κ3) is 5.03. The van der Waals surface area contributed by atoms with E-state index in [-0.39, 0.29) is 0 Å². The van der Waals surface area contributed by atoms with Crippen molar-refractivity contribution in [3.8, 4) is 11.5 Å². The highest BCUT2D eigenvalue weighted by molar-refractivity contribution is 5.92. The first-order valence-corrected chi connectivity index (χ1v) is 9.02. The van der Waals surface area contributed by atoms with E-state index in [1.165, 1.54) is 5.56 Å². The molecule has 0 aliphatic rings. The molecular weight excluding hydrogens is 354 g/mol. The van der Waals surface area contributed by atoms with E-state index in [1.807, 2.05) is 48.8 Å². The lowest BCUT2D eigenvalue weighted by atomic mass is 10.2. The van der Waals surface area contributed by atoms with Crippen molar-refractivity contribution >= 4 is 11.6 Å². The van der Waals surface area contributed by atoms with Gasteiger partial charge in [0.1, 0.15) is 5.82 Å². The number of nitrogens with zero attached hydrogens (tertiary/aromatic N) is 3. The Bertz CT molecular complexity index is 922. The number of imidazole rings is 1. The van der Waals surface area contributed by atoms with Crippen LogP contribution in [0.25, 0.3) is 0 Å². The summed E-state index contributed by atoms with van der Waals surface area (Å²) in [6, 6.07) is 15.8. The third-order valence-corrected chi connectivity index (χ3v) is 4.27. The number of methoxy groups -OCH3 is 2. The number of benzene rings is 2.